The summed E-state index contributed by atoms with van der Waals surface area (Å²) in [4.78, 5) is 3.66. The van der Waals surface area contributed by atoms with Gasteiger partial charge in [0.2, 0.25) is 5.88 Å². The first-order chi connectivity index (χ1) is 9.29. The fourth-order valence-electron chi connectivity index (χ4n) is 1.44. The molecule has 2 N–H and O–H groups in total. The molecule has 0 aliphatic carbocycles. The second-order valence-electron chi connectivity index (χ2n) is 3.76. The minimum atomic E-state index is -4.58. The molecule has 2 rings (SSSR count). The standard InChI is InChI=1S/C12H7Br2F3N2O/c13-6-4-7(12(15,16)17)11(19-5-6)20-10-8(14)2-1-3-9(10)18/h1-5H,18H2. The van der Waals surface area contributed by atoms with Gasteiger partial charge in [0.15, 0.2) is 5.75 Å². The Hall–Kier alpha value is -1.28. The van der Waals surface area contributed by atoms with Gasteiger partial charge in [-0.25, -0.2) is 4.98 Å². The number of nitrogens with zero attached hydrogens (tertiary/aromatic N) is 1. The van der Waals surface area contributed by atoms with E-state index >= 15 is 0 Å². The van der Waals surface area contributed by atoms with E-state index in [1.165, 1.54) is 12.3 Å². The first-order valence-electron chi connectivity index (χ1n) is 5.23. The van der Waals surface area contributed by atoms with Crippen LogP contribution in [0, 0.1) is 0 Å². The minimum absolute atomic E-state index is 0.0906. The Bertz CT molecular complexity index is 627. The van der Waals surface area contributed by atoms with Gasteiger partial charge < -0.3 is 10.5 Å². The Kier molecular flexibility index (Phi) is 4.24. The van der Waals surface area contributed by atoms with Crippen molar-refractivity contribution >= 4 is 37.5 Å². The quantitative estimate of drug-likeness (QED) is 0.707. The number of ether oxygens (including phenoxy) is 1. The number of benzene rings is 1. The van der Waals surface area contributed by atoms with Crippen LogP contribution in [0.1, 0.15) is 5.56 Å². The number of alkyl halides is 3. The van der Waals surface area contributed by atoms with E-state index in [0.29, 0.717) is 4.47 Å². The van der Waals surface area contributed by atoms with E-state index in [-0.39, 0.29) is 15.9 Å². The lowest BCUT2D eigenvalue weighted by Crippen LogP contribution is -2.09. The monoisotopic (exact) mass is 410 g/mol. The molecule has 0 spiro atoms. The average molecular weight is 412 g/mol. The molecule has 106 valence electrons. The van der Waals surface area contributed by atoms with Crippen LogP contribution in [0.4, 0.5) is 18.9 Å². The smallest absolute Gasteiger partial charge is 0.421 e. The highest BCUT2D eigenvalue weighted by molar-refractivity contribution is 9.10. The molecule has 0 aliphatic rings. The molecular formula is C12H7Br2F3N2O. The third-order valence-electron chi connectivity index (χ3n) is 2.32. The summed E-state index contributed by atoms with van der Waals surface area (Å²) < 4.78 is 44.7. The number of rotatable bonds is 2. The molecule has 0 amide bonds. The second kappa shape index (κ2) is 5.61. The van der Waals surface area contributed by atoms with Gasteiger partial charge in [0.05, 0.1) is 10.2 Å². The Labute approximate surface area is 129 Å². The molecule has 1 aromatic heterocycles. The Balaban J connectivity index is 2.49. The summed E-state index contributed by atoms with van der Waals surface area (Å²) in [7, 11) is 0. The van der Waals surface area contributed by atoms with Gasteiger partial charge in [-0.1, -0.05) is 6.07 Å². The number of halogens is 5. The summed E-state index contributed by atoms with van der Waals surface area (Å²) in [6.07, 6.45) is -3.36. The molecule has 0 bridgehead atoms. The van der Waals surface area contributed by atoms with Crippen LogP contribution in [0.3, 0.4) is 0 Å². The van der Waals surface area contributed by atoms with Gasteiger partial charge in [-0.05, 0) is 50.1 Å². The number of nitrogen functional groups attached to an aromatic ring is 1. The van der Waals surface area contributed by atoms with Gasteiger partial charge in [0.1, 0.15) is 5.56 Å². The first kappa shape index (κ1) is 15.1. The van der Waals surface area contributed by atoms with E-state index in [1.807, 2.05) is 0 Å². The lowest BCUT2D eigenvalue weighted by atomic mass is 10.2. The molecular weight excluding hydrogens is 405 g/mol. The summed E-state index contributed by atoms with van der Waals surface area (Å²) in [5.41, 5.74) is 4.91. The maximum Gasteiger partial charge on any atom is 0.421 e. The Morgan fingerprint density at radius 3 is 2.50 bits per heavy atom. The fourth-order valence-corrected chi connectivity index (χ4v) is 2.23. The van der Waals surface area contributed by atoms with E-state index in [1.54, 1.807) is 12.1 Å². The van der Waals surface area contributed by atoms with Gasteiger partial charge in [-0.15, -0.1) is 0 Å². The maximum absolute atomic E-state index is 12.9. The predicted octanol–water partition coefficient (Wildman–Crippen LogP) is 5.00. The van der Waals surface area contributed by atoms with Gasteiger partial charge in [-0.3, -0.25) is 0 Å². The highest BCUT2D eigenvalue weighted by Crippen LogP contribution is 2.41. The van der Waals surface area contributed by atoms with Gasteiger partial charge in [0.25, 0.3) is 0 Å². The van der Waals surface area contributed by atoms with Crippen molar-refractivity contribution in [2.75, 3.05) is 5.73 Å². The Morgan fingerprint density at radius 2 is 1.90 bits per heavy atom. The van der Waals surface area contributed by atoms with Crippen molar-refractivity contribution < 1.29 is 17.9 Å². The highest BCUT2D eigenvalue weighted by Gasteiger charge is 2.36. The van der Waals surface area contributed by atoms with Gasteiger partial charge in [0, 0.05) is 10.7 Å². The lowest BCUT2D eigenvalue weighted by molar-refractivity contribution is -0.138. The van der Waals surface area contributed by atoms with E-state index in [9.17, 15) is 13.2 Å². The first-order valence-corrected chi connectivity index (χ1v) is 6.82. The van der Waals surface area contributed by atoms with Crippen molar-refractivity contribution in [3.63, 3.8) is 0 Å². The van der Waals surface area contributed by atoms with Crippen LogP contribution in [0.25, 0.3) is 0 Å². The van der Waals surface area contributed by atoms with Crippen LogP contribution in [0.2, 0.25) is 0 Å². The van der Waals surface area contributed by atoms with Crippen molar-refractivity contribution in [1.29, 1.82) is 0 Å². The maximum atomic E-state index is 12.9. The van der Waals surface area contributed by atoms with Crippen LogP contribution < -0.4 is 10.5 Å². The van der Waals surface area contributed by atoms with Crippen LogP contribution in [0.15, 0.2) is 39.4 Å². The zero-order valence-electron chi connectivity index (χ0n) is 9.71. The van der Waals surface area contributed by atoms with Crippen molar-refractivity contribution in [2.45, 2.75) is 6.18 Å². The molecule has 20 heavy (non-hydrogen) atoms. The summed E-state index contributed by atoms with van der Waals surface area (Å²) in [6, 6.07) is 5.67. The second-order valence-corrected chi connectivity index (χ2v) is 5.53. The lowest BCUT2D eigenvalue weighted by Gasteiger charge is -2.14. The van der Waals surface area contributed by atoms with Gasteiger partial charge in [-0.2, -0.15) is 13.2 Å². The minimum Gasteiger partial charge on any atom is -0.435 e. The summed E-state index contributed by atoms with van der Waals surface area (Å²) in [5, 5.41) is 0. The number of pyridine rings is 1. The number of hydrogen-bond donors (Lipinski definition) is 1. The molecule has 0 radical (unpaired) electrons. The molecule has 0 unspecified atom stereocenters. The fraction of sp³-hybridized carbons (Fsp3) is 0.0833. The number of para-hydroxylation sites is 1. The zero-order chi connectivity index (χ0) is 14.9. The Morgan fingerprint density at radius 1 is 1.20 bits per heavy atom. The highest BCUT2D eigenvalue weighted by atomic mass is 79.9. The third kappa shape index (κ3) is 3.24. The number of nitrogens with two attached hydrogens (primary N) is 1. The van der Waals surface area contributed by atoms with Gasteiger partial charge >= 0.3 is 6.18 Å². The number of aromatic nitrogens is 1. The molecule has 0 saturated carbocycles. The van der Waals surface area contributed by atoms with Crippen LogP contribution >= 0.6 is 31.9 Å². The van der Waals surface area contributed by atoms with Crippen LogP contribution in [-0.2, 0) is 6.18 Å². The summed E-state index contributed by atoms with van der Waals surface area (Å²) in [5.74, 6) is -0.466. The molecule has 8 heteroatoms. The van der Waals surface area contributed by atoms with E-state index in [4.69, 9.17) is 10.5 Å². The molecule has 0 saturated heterocycles. The summed E-state index contributed by atoms with van der Waals surface area (Å²) in [6.45, 7) is 0. The van der Waals surface area contributed by atoms with E-state index < -0.39 is 17.6 Å². The molecule has 0 atom stereocenters. The number of hydrogen-bond acceptors (Lipinski definition) is 3. The number of anilines is 1. The normalized spacial score (nSPS) is 11.4. The van der Waals surface area contributed by atoms with Crippen molar-refractivity contribution in [2.24, 2.45) is 0 Å². The van der Waals surface area contributed by atoms with Crippen LogP contribution in [-0.4, -0.2) is 4.98 Å². The van der Waals surface area contributed by atoms with Crippen molar-refractivity contribution in [3.8, 4) is 11.6 Å². The molecule has 2 aromatic rings. The topological polar surface area (TPSA) is 48.1 Å². The van der Waals surface area contributed by atoms with Crippen LogP contribution in [0.5, 0.6) is 11.6 Å². The average Bonchev–Trinajstić information content (AvgIpc) is 2.34. The third-order valence-corrected chi connectivity index (χ3v) is 3.38. The SMILES string of the molecule is Nc1cccc(Br)c1Oc1ncc(Br)cc1C(F)(F)F. The predicted molar refractivity (Wildman–Crippen MR) is 75.6 cm³/mol. The molecule has 0 fully saturated rings. The summed E-state index contributed by atoms with van der Waals surface area (Å²) >= 11 is 6.12. The van der Waals surface area contributed by atoms with Crippen molar-refractivity contribution in [3.05, 3.63) is 45.0 Å². The molecule has 1 heterocycles. The molecule has 1 aromatic carbocycles. The zero-order valence-corrected chi connectivity index (χ0v) is 12.9. The van der Waals surface area contributed by atoms with E-state index in [0.717, 1.165) is 6.07 Å². The largest absolute Gasteiger partial charge is 0.435 e. The van der Waals surface area contributed by atoms with Crippen molar-refractivity contribution in [1.82, 2.24) is 4.98 Å². The van der Waals surface area contributed by atoms with E-state index in [2.05, 4.69) is 36.8 Å². The molecule has 0 aliphatic heterocycles. The molecule has 3 nitrogen and oxygen atoms in total.